The molecule has 0 saturated carbocycles. The summed E-state index contributed by atoms with van der Waals surface area (Å²) in [4.78, 5) is 2.39. The highest BCUT2D eigenvalue weighted by Crippen LogP contribution is 2.27. The lowest BCUT2D eigenvalue weighted by Gasteiger charge is -2.23. The summed E-state index contributed by atoms with van der Waals surface area (Å²) in [6.45, 7) is 5.56. The van der Waals surface area contributed by atoms with Crippen LogP contribution in [0.2, 0.25) is 0 Å². The van der Waals surface area contributed by atoms with Gasteiger partial charge in [0.25, 0.3) is 0 Å². The molecule has 0 bridgehead atoms. The van der Waals surface area contributed by atoms with Gasteiger partial charge in [-0.1, -0.05) is 56.6 Å². The fourth-order valence-electron chi connectivity index (χ4n) is 1.92. The summed E-state index contributed by atoms with van der Waals surface area (Å²) in [5.41, 5.74) is 0. The minimum absolute atomic E-state index is 0.731. The van der Waals surface area contributed by atoms with Gasteiger partial charge in [-0.05, 0) is 13.3 Å². The molecule has 0 N–H and O–H groups in total. The maximum Gasteiger partial charge on any atom is 0.136 e. The monoisotopic (exact) mass is 231 g/mol. The second kappa shape index (κ2) is 6.67. The zero-order valence-electron chi connectivity index (χ0n) is 9.29. The third-order valence-corrected chi connectivity index (χ3v) is 4.43. The first-order valence-corrected chi connectivity index (χ1v) is 7.12. The van der Waals surface area contributed by atoms with Gasteiger partial charge < -0.3 is 4.90 Å². The van der Waals surface area contributed by atoms with Crippen LogP contribution in [0.15, 0.2) is 0 Å². The Morgan fingerprint density at radius 2 is 2.14 bits per heavy atom. The Morgan fingerprint density at radius 1 is 1.36 bits per heavy atom. The Hall–Kier alpha value is 0.240. The van der Waals surface area contributed by atoms with Crippen LogP contribution in [-0.4, -0.2) is 27.6 Å². The molecule has 1 rings (SSSR count). The van der Waals surface area contributed by atoms with Gasteiger partial charge in [0, 0.05) is 18.3 Å². The summed E-state index contributed by atoms with van der Waals surface area (Å²) in [5.74, 6) is 1.22. The molecule has 1 fully saturated rings. The first kappa shape index (κ1) is 12.3. The predicted octanol–water partition coefficient (Wildman–Crippen LogP) is 3.68. The summed E-state index contributed by atoms with van der Waals surface area (Å²) in [6, 6.07) is 0.731. The fourth-order valence-corrected chi connectivity index (χ4v) is 3.53. The molecule has 1 aliphatic rings. The number of hydrogen-bond donors (Lipinski definition) is 0. The van der Waals surface area contributed by atoms with Gasteiger partial charge in [0.2, 0.25) is 0 Å². The highest BCUT2D eigenvalue weighted by Gasteiger charge is 2.26. The normalized spacial score (nSPS) is 22.0. The molecular weight excluding hydrogens is 210 g/mol. The molecule has 1 heterocycles. The van der Waals surface area contributed by atoms with Crippen LogP contribution in [0.25, 0.3) is 0 Å². The molecule has 1 unspecified atom stereocenters. The van der Waals surface area contributed by atoms with Crippen molar-refractivity contribution in [3.05, 3.63) is 0 Å². The molecule has 1 aliphatic heterocycles. The molecule has 1 atom stereocenters. The van der Waals surface area contributed by atoms with Gasteiger partial charge in [-0.25, -0.2) is 0 Å². The van der Waals surface area contributed by atoms with Crippen LogP contribution in [-0.2, 0) is 0 Å². The quantitative estimate of drug-likeness (QED) is 0.507. The lowest BCUT2D eigenvalue weighted by molar-refractivity contribution is 0.343. The van der Waals surface area contributed by atoms with E-state index in [0.717, 1.165) is 16.9 Å². The molecule has 1 nitrogen and oxygen atoms in total. The molecule has 82 valence electrons. The van der Waals surface area contributed by atoms with Crippen molar-refractivity contribution in [2.75, 3.05) is 12.3 Å². The van der Waals surface area contributed by atoms with Crippen LogP contribution in [0.1, 0.15) is 46.0 Å². The third-order valence-electron chi connectivity index (χ3n) is 2.81. The van der Waals surface area contributed by atoms with Crippen LogP contribution in [0.5, 0.6) is 0 Å². The maximum atomic E-state index is 5.31. The van der Waals surface area contributed by atoms with Gasteiger partial charge in [-0.15, -0.1) is 0 Å². The topological polar surface area (TPSA) is 3.24 Å². The van der Waals surface area contributed by atoms with Gasteiger partial charge in [0.15, 0.2) is 0 Å². The largest absolute Gasteiger partial charge is 0.354 e. The van der Waals surface area contributed by atoms with Crippen LogP contribution in [0, 0.1) is 0 Å². The molecule has 3 heteroatoms. The summed E-state index contributed by atoms with van der Waals surface area (Å²) < 4.78 is 1.12. The lowest BCUT2D eigenvalue weighted by Crippen LogP contribution is -2.32. The molecule has 0 aliphatic carbocycles. The molecule has 1 saturated heterocycles. The van der Waals surface area contributed by atoms with E-state index >= 15 is 0 Å². The standard InChI is InChI=1S/C11H21NS2/c1-3-5-6-7-8-10-9-14-11(13)12(10)4-2/h10H,3-9H2,1-2H3. The van der Waals surface area contributed by atoms with Gasteiger partial charge in [-0.2, -0.15) is 0 Å². The molecule has 0 amide bonds. The molecular formula is C11H21NS2. The van der Waals surface area contributed by atoms with Crippen molar-refractivity contribution in [2.45, 2.75) is 52.0 Å². The minimum atomic E-state index is 0.731. The highest BCUT2D eigenvalue weighted by atomic mass is 32.2. The molecule has 0 aromatic rings. The Labute approximate surface area is 97.6 Å². The maximum absolute atomic E-state index is 5.31. The highest BCUT2D eigenvalue weighted by molar-refractivity contribution is 8.23. The van der Waals surface area contributed by atoms with E-state index in [1.807, 2.05) is 11.8 Å². The van der Waals surface area contributed by atoms with Crippen LogP contribution in [0.4, 0.5) is 0 Å². The minimum Gasteiger partial charge on any atom is -0.354 e. The second-order valence-corrected chi connectivity index (χ2v) is 5.52. The SMILES string of the molecule is CCCCCCC1CSC(=S)N1CC. The average Bonchev–Trinajstić information content (AvgIpc) is 2.54. The van der Waals surface area contributed by atoms with E-state index in [9.17, 15) is 0 Å². The van der Waals surface area contributed by atoms with E-state index in [2.05, 4.69) is 18.7 Å². The van der Waals surface area contributed by atoms with Crippen molar-refractivity contribution >= 4 is 28.3 Å². The van der Waals surface area contributed by atoms with Gasteiger partial charge in [0.1, 0.15) is 4.32 Å². The van der Waals surface area contributed by atoms with Crippen molar-refractivity contribution in [1.29, 1.82) is 0 Å². The Bertz CT molecular complexity index is 182. The molecule has 0 aromatic carbocycles. The number of nitrogens with zero attached hydrogens (tertiary/aromatic N) is 1. The van der Waals surface area contributed by atoms with Gasteiger partial charge in [0.05, 0.1) is 0 Å². The van der Waals surface area contributed by atoms with Crippen molar-refractivity contribution in [3.63, 3.8) is 0 Å². The van der Waals surface area contributed by atoms with Crippen molar-refractivity contribution < 1.29 is 0 Å². The average molecular weight is 231 g/mol. The molecule has 14 heavy (non-hydrogen) atoms. The van der Waals surface area contributed by atoms with Gasteiger partial charge >= 0.3 is 0 Å². The van der Waals surface area contributed by atoms with E-state index < -0.39 is 0 Å². The first-order chi connectivity index (χ1) is 6.79. The van der Waals surface area contributed by atoms with E-state index in [1.54, 1.807) is 0 Å². The summed E-state index contributed by atoms with van der Waals surface area (Å²) in [6.07, 6.45) is 6.81. The number of rotatable bonds is 6. The number of hydrogen-bond acceptors (Lipinski definition) is 2. The summed E-state index contributed by atoms with van der Waals surface area (Å²) in [5, 5.41) is 0. The Kier molecular flexibility index (Phi) is 5.87. The smallest absolute Gasteiger partial charge is 0.136 e. The predicted molar refractivity (Wildman–Crippen MR) is 70.0 cm³/mol. The lowest BCUT2D eigenvalue weighted by atomic mass is 10.1. The Balaban J connectivity index is 2.20. The molecule has 0 spiro atoms. The number of unbranched alkanes of at least 4 members (excludes halogenated alkanes) is 3. The van der Waals surface area contributed by atoms with E-state index in [-0.39, 0.29) is 0 Å². The van der Waals surface area contributed by atoms with Crippen molar-refractivity contribution in [1.82, 2.24) is 4.90 Å². The second-order valence-electron chi connectivity index (χ2n) is 3.87. The molecule has 0 radical (unpaired) electrons. The zero-order valence-corrected chi connectivity index (χ0v) is 10.9. The van der Waals surface area contributed by atoms with E-state index in [4.69, 9.17) is 12.2 Å². The van der Waals surface area contributed by atoms with Crippen molar-refractivity contribution in [2.24, 2.45) is 0 Å². The fraction of sp³-hybridized carbons (Fsp3) is 0.909. The van der Waals surface area contributed by atoms with Crippen molar-refractivity contribution in [3.8, 4) is 0 Å². The number of thioether (sulfide) groups is 1. The summed E-state index contributed by atoms with van der Waals surface area (Å²) in [7, 11) is 0. The zero-order chi connectivity index (χ0) is 10.4. The van der Waals surface area contributed by atoms with Crippen LogP contribution in [0.3, 0.4) is 0 Å². The Morgan fingerprint density at radius 3 is 2.79 bits per heavy atom. The van der Waals surface area contributed by atoms with E-state index in [1.165, 1.54) is 37.9 Å². The number of thiocarbonyl (C=S) groups is 1. The van der Waals surface area contributed by atoms with Gasteiger partial charge in [-0.3, -0.25) is 0 Å². The summed E-state index contributed by atoms with van der Waals surface area (Å²) >= 11 is 7.17. The van der Waals surface area contributed by atoms with Crippen LogP contribution >= 0.6 is 24.0 Å². The first-order valence-electron chi connectivity index (χ1n) is 5.73. The van der Waals surface area contributed by atoms with E-state index in [0.29, 0.717) is 0 Å². The third kappa shape index (κ3) is 3.43. The van der Waals surface area contributed by atoms with Crippen LogP contribution < -0.4 is 0 Å². The molecule has 0 aromatic heterocycles.